The number of aromatic nitrogens is 3. The first-order chi connectivity index (χ1) is 17.2. The maximum Gasteiger partial charge on any atom is 0.216 e. The maximum atomic E-state index is 13.7. The minimum atomic E-state index is -3.70. The summed E-state index contributed by atoms with van der Waals surface area (Å²) in [5.41, 5.74) is 2.84. The van der Waals surface area contributed by atoms with Crippen LogP contribution >= 0.6 is 23.6 Å². The van der Waals surface area contributed by atoms with Crippen molar-refractivity contribution < 1.29 is 13.2 Å². The maximum absolute atomic E-state index is 13.7. The summed E-state index contributed by atoms with van der Waals surface area (Å²) < 4.78 is 32.1. The number of thiazole rings is 1. The van der Waals surface area contributed by atoms with Gasteiger partial charge in [-0.05, 0) is 63.2 Å². The molecule has 1 atom stereocenters. The van der Waals surface area contributed by atoms with E-state index in [0.717, 1.165) is 11.3 Å². The largest absolute Gasteiger partial charge is 0.377 e. The first-order valence-corrected chi connectivity index (χ1v) is 14.5. The second-order valence-corrected chi connectivity index (χ2v) is 12.8. The number of rotatable bonds is 6. The van der Waals surface area contributed by atoms with Crippen molar-refractivity contribution in [2.45, 2.75) is 41.8 Å². The number of morpholine rings is 1. The monoisotopic (exact) mass is 544 g/mol. The van der Waals surface area contributed by atoms with Gasteiger partial charge in [-0.15, -0.1) is 11.3 Å². The fourth-order valence-electron chi connectivity index (χ4n) is 4.31. The zero-order valence-electron chi connectivity index (χ0n) is 20.3. The number of benzene rings is 1. The molecule has 1 saturated carbocycles. The molecule has 2 fully saturated rings. The third-order valence-corrected chi connectivity index (χ3v) is 10.7. The molecule has 36 heavy (non-hydrogen) atoms. The standard InChI is InChI=1S/C24H28N6O3S3/c1-15-14-35-23(26-15)36(31,32)24(8-9-24)19-12-20(30-10-11-33-13-16(30)2)29-21(28-19)17-4-6-18(7-5-17)27-22(34)25-3/h4-7,12,14,16H,8-11,13H2,1-3H3,(H2,25,27,34)/t16-/m0/s1. The van der Waals surface area contributed by atoms with Gasteiger partial charge in [-0.25, -0.2) is 23.4 Å². The van der Waals surface area contributed by atoms with Gasteiger partial charge in [0.25, 0.3) is 0 Å². The molecular weight excluding hydrogens is 517 g/mol. The third-order valence-electron chi connectivity index (χ3n) is 6.52. The molecule has 0 bridgehead atoms. The predicted octanol–water partition coefficient (Wildman–Crippen LogP) is 3.51. The molecule has 0 unspecified atom stereocenters. The van der Waals surface area contributed by atoms with Crippen LogP contribution in [-0.2, 0) is 19.3 Å². The van der Waals surface area contributed by atoms with Gasteiger partial charge >= 0.3 is 0 Å². The zero-order chi connectivity index (χ0) is 25.5. The van der Waals surface area contributed by atoms with Crippen LogP contribution in [0.2, 0.25) is 0 Å². The van der Waals surface area contributed by atoms with Crippen LogP contribution in [0, 0.1) is 6.92 Å². The first kappa shape index (κ1) is 25.0. The van der Waals surface area contributed by atoms with Crippen LogP contribution in [-0.4, -0.2) is 61.3 Å². The number of hydrogen-bond acceptors (Lipinski definition) is 9. The van der Waals surface area contributed by atoms with Crippen molar-refractivity contribution in [2.75, 3.05) is 37.0 Å². The van der Waals surface area contributed by atoms with Gasteiger partial charge in [0.1, 0.15) is 10.6 Å². The minimum absolute atomic E-state index is 0.108. The Morgan fingerprint density at radius 2 is 1.97 bits per heavy atom. The highest BCUT2D eigenvalue weighted by Crippen LogP contribution is 2.55. The quantitative estimate of drug-likeness (QED) is 0.448. The molecule has 0 amide bonds. The fraction of sp³-hybridized carbons (Fsp3) is 0.417. The molecule has 190 valence electrons. The molecule has 1 saturated heterocycles. The summed E-state index contributed by atoms with van der Waals surface area (Å²) >= 11 is 6.35. The number of nitrogens with zero attached hydrogens (tertiary/aromatic N) is 4. The fourth-order valence-corrected chi connectivity index (χ4v) is 7.69. The second-order valence-electron chi connectivity index (χ2n) is 9.09. The van der Waals surface area contributed by atoms with Crippen molar-refractivity contribution in [2.24, 2.45) is 0 Å². The van der Waals surface area contributed by atoms with Gasteiger partial charge in [-0.2, -0.15) is 0 Å². The van der Waals surface area contributed by atoms with E-state index in [4.69, 9.17) is 26.9 Å². The highest BCUT2D eigenvalue weighted by atomic mass is 32.2. The summed E-state index contributed by atoms with van der Waals surface area (Å²) in [6.07, 6.45) is 1.01. The topological polar surface area (TPSA) is 109 Å². The van der Waals surface area contributed by atoms with Crippen LogP contribution < -0.4 is 15.5 Å². The molecule has 5 rings (SSSR count). The summed E-state index contributed by atoms with van der Waals surface area (Å²) in [5, 5.41) is 8.27. The lowest BCUT2D eigenvalue weighted by molar-refractivity contribution is 0.0985. The summed E-state index contributed by atoms with van der Waals surface area (Å²) in [7, 11) is -1.94. The lowest BCUT2D eigenvalue weighted by atomic mass is 10.1. The zero-order valence-corrected chi connectivity index (χ0v) is 22.8. The van der Waals surface area contributed by atoms with Crippen molar-refractivity contribution in [1.82, 2.24) is 20.3 Å². The van der Waals surface area contributed by atoms with Crippen LogP contribution in [0.1, 0.15) is 31.2 Å². The lowest BCUT2D eigenvalue weighted by Crippen LogP contribution is -2.44. The van der Waals surface area contributed by atoms with E-state index in [1.165, 1.54) is 11.3 Å². The van der Waals surface area contributed by atoms with Gasteiger partial charge in [-0.1, -0.05) is 0 Å². The van der Waals surface area contributed by atoms with E-state index >= 15 is 0 Å². The number of anilines is 2. The normalized spacial score (nSPS) is 19.1. The Labute approximate surface area is 220 Å². The SMILES string of the molecule is CNC(=S)Nc1ccc(-c2nc(N3CCOC[C@@H]3C)cc(C3(S(=O)(=O)c4nc(C)cs4)CC3)n2)cc1. The Morgan fingerprint density at radius 1 is 1.22 bits per heavy atom. The molecule has 1 aromatic carbocycles. The molecule has 2 aromatic heterocycles. The molecular formula is C24H28N6O3S3. The highest BCUT2D eigenvalue weighted by molar-refractivity contribution is 7.94. The summed E-state index contributed by atoms with van der Waals surface area (Å²) in [4.78, 5) is 16.2. The average Bonchev–Trinajstić information content (AvgIpc) is 3.59. The van der Waals surface area contributed by atoms with E-state index < -0.39 is 14.6 Å². The van der Waals surface area contributed by atoms with Crippen LogP contribution in [0.4, 0.5) is 11.5 Å². The summed E-state index contributed by atoms with van der Waals surface area (Å²) in [6.45, 7) is 5.73. The number of hydrogen-bond donors (Lipinski definition) is 2. The predicted molar refractivity (Wildman–Crippen MR) is 145 cm³/mol. The molecule has 1 aliphatic heterocycles. The van der Waals surface area contributed by atoms with Crippen LogP contribution in [0.5, 0.6) is 0 Å². The summed E-state index contributed by atoms with van der Waals surface area (Å²) in [5.74, 6) is 1.20. The Hall–Kier alpha value is -2.67. The smallest absolute Gasteiger partial charge is 0.216 e. The Morgan fingerprint density at radius 3 is 2.58 bits per heavy atom. The summed E-state index contributed by atoms with van der Waals surface area (Å²) in [6, 6.07) is 9.56. The Balaban J connectivity index is 1.59. The molecule has 2 N–H and O–H groups in total. The number of aryl methyl sites for hydroxylation is 1. The lowest BCUT2D eigenvalue weighted by Gasteiger charge is -2.34. The Bertz CT molecular complexity index is 1390. The molecule has 9 nitrogen and oxygen atoms in total. The van der Waals surface area contributed by atoms with Gasteiger partial charge in [-0.3, -0.25) is 0 Å². The highest BCUT2D eigenvalue weighted by Gasteiger charge is 2.59. The van der Waals surface area contributed by atoms with E-state index in [1.54, 1.807) is 19.4 Å². The van der Waals surface area contributed by atoms with Crippen LogP contribution in [0.25, 0.3) is 11.4 Å². The first-order valence-electron chi connectivity index (χ1n) is 11.7. The van der Waals surface area contributed by atoms with E-state index in [9.17, 15) is 8.42 Å². The van der Waals surface area contributed by atoms with Crippen molar-refractivity contribution in [3.63, 3.8) is 0 Å². The van der Waals surface area contributed by atoms with Gasteiger partial charge in [0, 0.05) is 42.0 Å². The van der Waals surface area contributed by atoms with Crippen molar-refractivity contribution in [3.05, 3.63) is 47.1 Å². The Kier molecular flexibility index (Phi) is 6.70. The van der Waals surface area contributed by atoms with Crippen molar-refractivity contribution in [1.29, 1.82) is 0 Å². The van der Waals surface area contributed by atoms with E-state index in [2.05, 4.69) is 27.4 Å². The minimum Gasteiger partial charge on any atom is -0.377 e. The second kappa shape index (κ2) is 9.66. The molecule has 0 radical (unpaired) electrons. The molecule has 0 spiro atoms. The number of nitrogens with one attached hydrogen (secondary N) is 2. The average molecular weight is 545 g/mol. The van der Waals surface area contributed by atoms with E-state index in [1.807, 2.05) is 30.3 Å². The van der Waals surface area contributed by atoms with Gasteiger partial charge in [0.05, 0.1) is 24.9 Å². The molecule has 2 aliphatic rings. The third kappa shape index (κ3) is 4.58. The van der Waals surface area contributed by atoms with Gasteiger partial charge < -0.3 is 20.3 Å². The number of ether oxygens (including phenoxy) is 1. The van der Waals surface area contributed by atoms with Gasteiger partial charge in [0.2, 0.25) is 14.2 Å². The van der Waals surface area contributed by atoms with Crippen molar-refractivity contribution >= 4 is 50.0 Å². The number of thiocarbonyl (C=S) groups is 1. The van der Waals surface area contributed by atoms with E-state index in [-0.39, 0.29) is 10.4 Å². The molecule has 3 aromatic rings. The molecule has 3 heterocycles. The molecule has 12 heteroatoms. The van der Waals surface area contributed by atoms with Crippen LogP contribution in [0.3, 0.4) is 0 Å². The molecule has 1 aliphatic carbocycles. The van der Waals surface area contributed by atoms with Crippen LogP contribution in [0.15, 0.2) is 40.1 Å². The van der Waals surface area contributed by atoms with Crippen molar-refractivity contribution in [3.8, 4) is 11.4 Å². The van der Waals surface area contributed by atoms with E-state index in [0.29, 0.717) is 60.7 Å². The van der Waals surface area contributed by atoms with Gasteiger partial charge in [0.15, 0.2) is 10.9 Å². The number of sulfone groups is 1.